The van der Waals surface area contributed by atoms with Crippen molar-refractivity contribution >= 4 is 17.7 Å². The van der Waals surface area contributed by atoms with Crippen molar-refractivity contribution in [3.05, 3.63) is 60.2 Å². The van der Waals surface area contributed by atoms with Gasteiger partial charge in [-0.1, -0.05) is 49.4 Å². The fourth-order valence-corrected chi connectivity index (χ4v) is 3.46. The third kappa shape index (κ3) is 6.44. The summed E-state index contributed by atoms with van der Waals surface area (Å²) in [6, 6.07) is 17.4. The number of hydrogen-bond acceptors (Lipinski definition) is 4. The summed E-state index contributed by atoms with van der Waals surface area (Å²) in [5.41, 5.74) is 7.07. The predicted octanol–water partition coefficient (Wildman–Crippen LogP) is 3.63. The summed E-state index contributed by atoms with van der Waals surface area (Å²) in [7, 11) is 1.68. The van der Waals surface area contributed by atoms with Gasteiger partial charge in [0, 0.05) is 29.7 Å². The molecule has 0 aliphatic heterocycles. The normalized spacial score (nSPS) is 13.1. The van der Waals surface area contributed by atoms with Gasteiger partial charge in [-0.05, 0) is 23.6 Å². The van der Waals surface area contributed by atoms with Gasteiger partial charge < -0.3 is 15.8 Å². The van der Waals surface area contributed by atoms with Gasteiger partial charge in [-0.15, -0.1) is 11.8 Å². The number of thioether (sulfide) groups is 1. The second kappa shape index (κ2) is 10.1. The van der Waals surface area contributed by atoms with Crippen molar-refractivity contribution in [1.29, 1.82) is 0 Å². The van der Waals surface area contributed by atoms with E-state index < -0.39 is 0 Å². The van der Waals surface area contributed by atoms with Crippen molar-refractivity contribution in [2.24, 2.45) is 11.7 Å². The third-order valence-corrected chi connectivity index (χ3v) is 5.26. The molecule has 1 amide bonds. The van der Waals surface area contributed by atoms with Gasteiger partial charge in [-0.2, -0.15) is 0 Å². The Bertz CT molecular complexity index is 664. The molecular formula is C20H26N2O2S. The van der Waals surface area contributed by atoms with Crippen molar-refractivity contribution in [2.45, 2.75) is 24.3 Å². The molecule has 2 aromatic carbocycles. The molecule has 0 saturated heterocycles. The van der Waals surface area contributed by atoms with E-state index in [2.05, 4.69) is 12.2 Å². The monoisotopic (exact) mass is 358 g/mol. The Labute approximate surface area is 154 Å². The first-order chi connectivity index (χ1) is 12.1. The Morgan fingerprint density at radius 3 is 2.56 bits per heavy atom. The van der Waals surface area contributed by atoms with E-state index in [4.69, 9.17) is 10.5 Å². The molecule has 0 aliphatic carbocycles. The molecule has 2 aromatic rings. The van der Waals surface area contributed by atoms with Crippen LogP contribution in [0.5, 0.6) is 5.75 Å². The molecular weight excluding hydrogens is 332 g/mol. The minimum Gasteiger partial charge on any atom is -0.496 e. The minimum absolute atomic E-state index is 0.00880. The van der Waals surface area contributed by atoms with Gasteiger partial charge in [0.25, 0.3) is 0 Å². The Balaban J connectivity index is 1.72. The number of benzene rings is 2. The fraction of sp³-hybridized carbons (Fsp3) is 0.350. The lowest BCUT2D eigenvalue weighted by Crippen LogP contribution is -2.31. The number of ether oxygens (including phenoxy) is 1. The second-order valence-corrected chi connectivity index (χ2v) is 7.15. The summed E-state index contributed by atoms with van der Waals surface area (Å²) in [5.74, 6) is 2.14. The number of rotatable bonds is 9. The molecule has 0 aliphatic rings. The molecule has 0 aromatic heterocycles. The summed E-state index contributed by atoms with van der Waals surface area (Å²) in [6.45, 7) is 2.77. The average Bonchev–Trinajstić information content (AvgIpc) is 2.65. The highest BCUT2D eigenvalue weighted by Gasteiger charge is 2.13. The molecule has 25 heavy (non-hydrogen) atoms. The summed E-state index contributed by atoms with van der Waals surface area (Å²) in [4.78, 5) is 13.2. The number of amides is 1. The van der Waals surface area contributed by atoms with E-state index in [0.717, 1.165) is 22.0 Å². The Hall–Kier alpha value is -1.98. The number of nitrogens with two attached hydrogens (primary N) is 1. The summed E-state index contributed by atoms with van der Waals surface area (Å²) in [5, 5.41) is 2.98. The molecule has 134 valence electrons. The van der Waals surface area contributed by atoms with Crippen molar-refractivity contribution in [1.82, 2.24) is 5.32 Å². The van der Waals surface area contributed by atoms with Gasteiger partial charge in [0.05, 0.1) is 7.11 Å². The van der Waals surface area contributed by atoms with Crippen LogP contribution in [-0.2, 0) is 4.79 Å². The zero-order chi connectivity index (χ0) is 18.1. The maximum Gasteiger partial charge on any atom is 0.221 e. The Morgan fingerprint density at radius 2 is 1.84 bits per heavy atom. The van der Waals surface area contributed by atoms with E-state index in [1.165, 1.54) is 0 Å². The van der Waals surface area contributed by atoms with Gasteiger partial charge in [0.15, 0.2) is 0 Å². The number of carbonyl (C=O) groups is 1. The molecule has 0 fully saturated rings. The number of methoxy groups -OCH3 is 1. The first-order valence-corrected chi connectivity index (χ1v) is 9.41. The first kappa shape index (κ1) is 19.3. The largest absolute Gasteiger partial charge is 0.496 e. The standard InChI is InChI=1S/C20H26N2O2S/c1-15(14-25-19-11-7-6-10-18(19)24-2)13-22-20(23)12-17(21)16-8-4-3-5-9-16/h3-11,15,17H,12-14,21H2,1-2H3,(H,22,23). The summed E-state index contributed by atoms with van der Waals surface area (Å²) in [6.07, 6.45) is 0.302. The number of hydrogen-bond donors (Lipinski definition) is 2. The Morgan fingerprint density at radius 1 is 1.16 bits per heavy atom. The van der Waals surface area contributed by atoms with Crippen molar-refractivity contribution < 1.29 is 9.53 Å². The van der Waals surface area contributed by atoms with Crippen LogP contribution >= 0.6 is 11.8 Å². The van der Waals surface area contributed by atoms with Gasteiger partial charge in [-0.3, -0.25) is 4.79 Å². The highest BCUT2D eigenvalue weighted by Crippen LogP contribution is 2.29. The van der Waals surface area contributed by atoms with E-state index in [0.29, 0.717) is 18.9 Å². The molecule has 5 heteroatoms. The SMILES string of the molecule is COc1ccccc1SCC(C)CNC(=O)CC(N)c1ccccc1. The molecule has 0 bridgehead atoms. The molecule has 2 unspecified atom stereocenters. The molecule has 0 spiro atoms. The van der Waals surface area contributed by atoms with E-state index in [1.807, 2.05) is 54.6 Å². The van der Waals surface area contributed by atoms with Gasteiger partial charge >= 0.3 is 0 Å². The van der Waals surface area contributed by atoms with Crippen LogP contribution in [0, 0.1) is 5.92 Å². The van der Waals surface area contributed by atoms with Gasteiger partial charge in [0.2, 0.25) is 5.91 Å². The maximum atomic E-state index is 12.1. The van der Waals surface area contributed by atoms with Crippen LogP contribution in [-0.4, -0.2) is 25.3 Å². The van der Waals surface area contributed by atoms with Crippen molar-refractivity contribution in [3.63, 3.8) is 0 Å². The van der Waals surface area contributed by atoms with E-state index in [-0.39, 0.29) is 11.9 Å². The summed E-state index contributed by atoms with van der Waals surface area (Å²) >= 11 is 1.74. The van der Waals surface area contributed by atoms with Crippen LogP contribution in [0.2, 0.25) is 0 Å². The first-order valence-electron chi connectivity index (χ1n) is 8.43. The van der Waals surface area contributed by atoms with E-state index >= 15 is 0 Å². The van der Waals surface area contributed by atoms with Crippen molar-refractivity contribution in [2.75, 3.05) is 19.4 Å². The van der Waals surface area contributed by atoms with Crippen LogP contribution in [0.25, 0.3) is 0 Å². The molecule has 2 rings (SSSR count). The number of nitrogens with one attached hydrogen (secondary N) is 1. The smallest absolute Gasteiger partial charge is 0.221 e. The predicted molar refractivity (Wildman–Crippen MR) is 104 cm³/mol. The minimum atomic E-state index is -0.264. The van der Waals surface area contributed by atoms with Crippen LogP contribution in [0.15, 0.2) is 59.5 Å². The van der Waals surface area contributed by atoms with E-state index in [9.17, 15) is 4.79 Å². The maximum absolute atomic E-state index is 12.1. The van der Waals surface area contributed by atoms with Crippen LogP contribution in [0.4, 0.5) is 0 Å². The molecule has 3 N–H and O–H groups in total. The topological polar surface area (TPSA) is 64.3 Å². The lowest BCUT2D eigenvalue weighted by atomic mass is 10.0. The van der Waals surface area contributed by atoms with Crippen molar-refractivity contribution in [3.8, 4) is 5.75 Å². The molecule has 2 atom stereocenters. The lowest BCUT2D eigenvalue weighted by Gasteiger charge is -2.15. The molecule has 0 radical (unpaired) electrons. The van der Waals surface area contributed by atoms with E-state index in [1.54, 1.807) is 18.9 Å². The van der Waals surface area contributed by atoms with Gasteiger partial charge in [0.1, 0.15) is 5.75 Å². The Kier molecular flexibility index (Phi) is 7.82. The highest BCUT2D eigenvalue weighted by atomic mass is 32.2. The zero-order valence-electron chi connectivity index (χ0n) is 14.8. The zero-order valence-corrected chi connectivity index (χ0v) is 15.6. The fourth-order valence-electron chi connectivity index (χ4n) is 2.41. The molecule has 0 heterocycles. The lowest BCUT2D eigenvalue weighted by molar-refractivity contribution is -0.121. The highest BCUT2D eigenvalue weighted by molar-refractivity contribution is 7.99. The molecule has 0 saturated carbocycles. The van der Waals surface area contributed by atoms with Crippen LogP contribution in [0.1, 0.15) is 24.9 Å². The third-order valence-electron chi connectivity index (χ3n) is 3.87. The average molecular weight is 359 g/mol. The second-order valence-electron chi connectivity index (χ2n) is 6.09. The quantitative estimate of drug-likeness (QED) is 0.672. The van der Waals surface area contributed by atoms with Gasteiger partial charge in [-0.25, -0.2) is 0 Å². The van der Waals surface area contributed by atoms with Crippen LogP contribution < -0.4 is 15.8 Å². The summed E-state index contributed by atoms with van der Waals surface area (Å²) < 4.78 is 5.36. The molecule has 4 nitrogen and oxygen atoms in total. The number of para-hydroxylation sites is 1. The number of carbonyl (C=O) groups excluding carboxylic acids is 1. The van der Waals surface area contributed by atoms with Crippen LogP contribution in [0.3, 0.4) is 0 Å².